The molecule has 9 heteroatoms. The van der Waals surface area contributed by atoms with Gasteiger partial charge in [-0.05, 0) is 42.3 Å². The number of thiophene rings is 1. The number of hydrogen-bond donors (Lipinski definition) is 4. The van der Waals surface area contributed by atoms with E-state index < -0.39 is 5.91 Å². The monoisotopic (exact) mass is 406 g/mol. The summed E-state index contributed by atoms with van der Waals surface area (Å²) in [5, 5.41) is 6.36. The number of nitrogens with one attached hydrogen (secondary N) is 2. The van der Waals surface area contributed by atoms with Gasteiger partial charge in [-0.3, -0.25) is 4.79 Å². The highest BCUT2D eigenvalue weighted by molar-refractivity contribution is 7.26. The molecule has 0 aliphatic heterocycles. The average Bonchev–Trinajstić information content (AvgIpc) is 3.07. The van der Waals surface area contributed by atoms with Crippen LogP contribution < -0.4 is 22.1 Å². The number of nitrogen functional groups attached to an aromatic ring is 1. The molecule has 146 valence electrons. The maximum absolute atomic E-state index is 11.9. The van der Waals surface area contributed by atoms with Crippen molar-refractivity contribution in [2.24, 2.45) is 5.73 Å². The molecule has 4 aromatic rings. The second kappa shape index (κ2) is 7.36. The third-order valence-electron chi connectivity index (χ3n) is 4.43. The maximum atomic E-state index is 11.9. The number of primary amides is 1. The zero-order valence-corrected chi connectivity index (χ0v) is 16.3. The second-order valence-electron chi connectivity index (χ2n) is 6.40. The molecule has 3 amide bonds. The first kappa shape index (κ1) is 18.6. The zero-order chi connectivity index (χ0) is 20.5. The first-order chi connectivity index (χ1) is 14.0. The van der Waals surface area contributed by atoms with Gasteiger partial charge in [-0.25, -0.2) is 14.8 Å². The number of hydrogen-bond acceptors (Lipinski definition) is 6. The number of urea groups is 1. The van der Waals surface area contributed by atoms with Crippen LogP contribution in [0.25, 0.3) is 31.4 Å². The van der Waals surface area contributed by atoms with Crippen LogP contribution in [-0.4, -0.2) is 28.5 Å². The van der Waals surface area contributed by atoms with Crippen LogP contribution in [0.5, 0.6) is 0 Å². The third-order valence-corrected chi connectivity index (χ3v) is 5.59. The summed E-state index contributed by atoms with van der Waals surface area (Å²) in [7, 11) is 0. The number of nitrogens with two attached hydrogens (primary N) is 2. The number of carbonyl (C=O) groups is 2. The van der Waals surface area contributed by atoms with Crippen LogP contribution in [0.3, 0.4) is 0 Å². The number of fused-ring (bicyclic) bond motifs is 3. The lowest BCUT2D eigenvalue weighted by Gasteiger charge is -2.10. The quantitative estimate of drug-likeness (QED) is 0.412. The van der Waals surface area contributed by atoms with Crippen LogP contribution >= 0.6 is 11.3 Å². The van der Waals surface area contributed by atoms with E-state index in [1.807, 2.05) is 25.1 Å². The van der Waals surface area contributed by atoms with E-state index in [1.165, 1.54) is 17.7 Å². The van der Waals surface area contributed by atoms with Crippen molar-refractivity contribution in [3.63, 3.8) is 0 Å². The molecule has 0 fully saturated rings. The van der Waals surface area contributed by atoms with Crippen molar-refractivity contribution in [1.29, 1.82) is 0 Å². The van der Waals surface area contributed by atoms with E-state index >= 15 is 0 Å². The minimum atomic E-state index is -0.572. The van der Waals surface area contributed by atoms with E-state index in [0.717, 1.165) is 31.4 Å². The van der Waals surface area contributed by atoms with Crippen molar-refractivity contribution in [2.75, 3.05) is 17.6 Å². The molecule has 0 aliphatic carbocycles. The number of carbonyl (C=O) groups excluding carboxylic acids is 2. The lowest BCUT2D eigenvalue weighted by molar-refractivity contribution is 0.100. The fourth-order valence-corrected chi connectivity index (χ4v) is 4.21. The van der Waals surface area contributed by atoms with Crippen LogP contribution in [-0.2, 0) is 0 Å². The number of nitrogens with zero attached hydrogens (tertiary/aromatic N) is 2. The van der Waals surface area contributed by atoms with Gasteiger partial charge in [0.05, 0.1) is 10.2 Å². The molecule has 0 bridgehead atoms. The molecule has 2 aromatic carbocycles. The van der Waals surface area contributed by atoms with Crippen LogP contribution in [0, 0.1) is 0 Å². The highest BCUT2D eigenvalue weighted by Gasteiger charge is 2.13. The molecule has 0 unspecified atom stereocenters. The highest BCUT2D eigenvalue weighted by Crippen LogP contribution is 2.37. The standard InChI is InChI=1S/C20H18N6O2S/c1-2-23-20(28)26-13-6-11(5-12(7-13)19(22)27)10-3-4-14-15(8-10)29-17-16(14)24-9-25-18(17)21/h3-9H,2H2,1H3,(H2,22,27)(H2,21,24,25)(H2,23,26,28). The smallest absolute Gasteiger partial charge is 0.319 e. The first-order valence-electron chi connectivity index (χ1n) is 8.89. The SMILES string of the molecule is CCNC(=O)Nc1cc(C(N)=O)cc(-c2ccc3c(c2)sc2c(N)ncnc23)c1. The number of rotatable bonds is 4. The Morgan fingerprint density at radius 3 is 2.69 bits per heavy atom. The Kier molecular flexibility index (Phi) is 4.73. The minimum Gasteiger partial charge on any atom is -0.382 e. The Balaban J connectivity index is 1.82. The molecule has 0 spiro atoms. The van der Waals surface area contributed by atoms with E-state index in [-0.39, 0.29) is 6.03 Å². The van der Waals surface area contributed by atoms with Gasteiger partial charge in [-0.15, -0.1) is 11.3 Å². The Hall–Kier alpha value is -3.72. The first-order valence-corrected chi connectivity index (χ1v) is 9.70. The summed E-state index contributed by atoms with van der Waals surface area (Å²) >= 11 is 1.51. The van der Waals surface area contributed by atoms with Gasteiger partial charge in [-0.1, -0.05) is 12.1 Å². The summed E-state index contributed by atoms with van der Waals surface area (Å²) in [6.45, 7) is 2.31. The van der Waals surface area contributed by atoms with Crippen molar-refractivity contribution >= 4 is 55.1 Å². The van der Waals surface area contributed by atoms with Gasteiger partial charge in [0, 0.05) is 27.9 Å². The van der Waals surface area contributed by atoms with E-state index in [2.05, 4.69) is 20.6 Å². The molecule has 8 nitrogen and oxygen atoms in total. The second-order valence-corrected chi connectivity index (χ2v) is 7.45. The van der Waals surface area contributed by atoms with Gasteiger partial charge in [0.2, 0.25) is 5.91 Å². The maximum Gasteiger partial charge on any atom is 0.319 e. The van der Waals surface area contributed by atoms with Crippen LogP contribution in [0.2, 0.25) is 0 Å². The fourth-order valence-electron chi connectivity index (χ4n) is 3.12. The summed E-state index contributed by atoms with van der Waals surface area (Å²) in [6, 6.07) is 10.6. The molecule has 4 rings (SSSR count). The van der Waals surface area contributed by atoms with Crippen LogP contribution in [0.15, 0.2) is 42.7 Å². The van der Waals surface area contributed by atoms with E-state index in [1.54, 1.807) is 18.2 Å². The molecular weight excluding hydrogens is 388 g/mol. The van der Waals surface area contributed by atoms with Crippen LogP contribution in [0.1, 0.15) is 17.3 Å². The zero-order valence-electron chi connectivity index (χ0n) is 15.5. The predicted octanol–water partition coefficient (Wildman–Crippen LogP) is 3.33. The van der Waals surface area contributed by atoms with Crippen molar-refractivity contribution in [2.45, 2.75) is 6.92 Å². The van der Waals surface area contributed by atoms with E-state index in [0.29, 0.717) is 23.6 Å². The number of benzene rings is 2. The highest BCUT2D eigenvalue weighted by atomic mass is 32.1. The van der Waals surface area contributed by atoms with Gasteiger partial charge in [-0.2, -0.15) is 0 Å². The molecular formula is C20H18N6O2S. The average molecular weight is 406 g/mol. The minimum absolute atomic E-state index is 0.306. The summed E-state index contributed by atoms with van der Waals surface area (Å²) in [4.78, 5) is 32.1. The van der Waals surface area contributed by atoms with Crippen molar-refractivity contribution in [1.82, 2.24) is 15.3 Å². The summed E-state index contributed by atoms with van der Waals surface area (Å²) < 4.78 is 1.83. The topological polar surface area (TPSA) is 136 Å². The van der Waals surface area contributed by atoms with Gasteiger partial charge in [0.25, 0.3) is 0 Å². The van der Waals surface area contributed by atoms with Gasteiger partial charge < -0.3 is 22.1 Å². The molecule has 0 aliphatic rings. The molecule has 6 N–H and O–H groups in total. The van der Waals surface area contributed by atoms with Crippen molar-refractivity contribution in [3.8, 4) is 11.1 Å². The third kappa shape index (κ3) is 3.55. The summed E-state index contributed by atoms with van der Waals surface area (Å²) in [5.74, 6) is -0.126. The Bertz CT molecular complexity index is 1270. The Labute approximate surface area is 169 Å². The number of anilines is 2. The summed E-state index contributed by atoms with van der Waals surface area (Å²) in [5.41, 5.74) is 14.7. The normalized spacial score (nSPS) is 10.9. The fraction of sp³-hybridized carbons (Fsp3) is 0.100. The summed E-state index contributed by atoms with van der Waals surface area (Å²) in [6.07, 6.45) is 1.45. The molecule has 2 heterocycles. The Morgan fingerprint density at radius 2 is 1.93 bits per heavy atom. The molecule has 2 aromatic heterocycles. The van der Waals surface area contributed by atoms with Gasteiger partial charge in [0.1, 0.15) is 12.1 Å². The lowest BCUT2D eigenvalue weighted by atomic mass is 10.0. The van der Waals surface area contributed by atoms with Crippen molar-refractivity contribution < 1.29 is 9.59 Å². The molecule has 29 heavy (non-hydrogen) atoms. The molecule has 0 saturated heterocycles. The molecule has 0 radical (unpaired) electrons. The Morgan fingerprint density at radius 1 is 1.10 bits per heavy atom. The molecule has 0 saturated carbocycles. The van der Waals surface area contributed by atoms with Gasteiger partial charge in [0.15, 0.2) is 0 Å². The van der Waals surface area contributed by atoms with Crippen molar-refractivity contribution in [3.05, 3.63) is 48.3 Å². The van der Waals surface area contributed by atoms with Gasteiger partial charge >= 0.3 is 6.03 Å². The predicted molar refractivity (Wildman–Crippen MR) is 116 cm³/mol. The number of amides is 3. The number of aromatic nitrogens is 2. The lowest BCUT2D eigenvalue weighted by Crippen LogP contribution is -2.28. The van der Waals surface area contributed by atoms with Crippen LogP contribution in [0.4, 0.5) is 16.3 Å². The largest absolute Gasteiger partial charge is 0.382 e. The molecule has 0 atom stereocenters. The van der Waals surface area contributed by atoms with E-state index in [4.69, 9.17) is 11.5 Å². The van der Waals surface area contributed by atoms with E-state index in [9.17, 15) is 9.59 Å².